The lowest BCUT2D eigenvalue weighted by atomic mass is 9.70. The van der Waals surface area contributed by atoms with Gasteiger partial charge in [-0.2, -0.15) is 13.2 Å². The van der Waals surface area contributed by atoms with Crippen molar-refractivity contribution in [3.05, 3.63) is 52.8 Å². The normalized spacial score (nSPS) is 29.7. The fourth-order valence-corrected chi connectivity index (χ4v) is 6.65. The Morgan fingerprint density at radius 1 is 1.14 bits per heavy atom. The van der Waals surface area contributed by atoms with Crippen LogP contribution in [0.25, 0.3) is 0 Å². The average Bonchev–Trinajstić information content (AvgIpc) is 3.22. The van der Waals surface area contributed by atoms with Gasteiger partial charge in [-0.25, -0.2) is 8.78 Å². The minimum atomic E-state index is -4.42. The molecular weight excluding hydrogens is 487 g/mol. The highest BCUT2D eigenvalue weighted by atomic mass is 19.4. The number of hydrogen-bond acceptors (Lipinski definition) is 4. The molecule has 3 aliphatic rings. The number of nitrogens with zero attached hydrogens (tertiary/aromatic N) is 2. The first-order valence-electron chi connectivity index (χ1n) is 13.2. The monoisotopic (exact) mass is 522 g/mol. The van der Waals surface area contributed by atoms with E-state index in [9.17, 15) is 22.0 Å². The molecule has 3 atom stereocenters. The Bertz CT molecular complexity index is 1110. The van der Waals surface area contributed by atoms with Gasteiger partial charge in [0.15, 0.2) is 0 Å². The molecule has 9 heteroatoms. The molecule has 0 bridgehead atoms. The predicted molar refractivity (Wildman–Crippen MR) is 135 cm³/mol. The van der Waals surface area contributed by atoms with Gasteiger partial charge in [-0.1, -0.05) is 19.9 Å². The number of benzene rings is 1. The Balaban J connectivity index is 1.32. The van der Waals surface area contributed by atoms with Gasteiger partial charge in [0.25, 0.3) is 6.43 Å². The fraction of sp³-hybridized carbons (Fsp3) is 0.607. The van der Waals surface area contributed by atoms with Crippen molar-refractivity contribution in [2.45, 2.75) is 95.4 Å². The van der Waals surface area contributed by atoms with Crippen molar-refractivity contribution in [1.29, 1.82) is 0 Å². The van der Waals surface area contributed by atoms with Crippen molar-refractivity contribution in [1.82, 2.24) is 10.3 Å². The van der Waals surface area contributed by atoms with Gasteiger partial charge in [0, 0.05) is 24.3 Å². The van der Waals surface area contributed by atoms with E-state index < -0.39 is 18.2 Å². The van der Waals surface area contributed by atoms with Crippen LogP contribution >= 0.6 is 0 Å². The van der Waals surface area contributed by atoms with E-state index in [4.69, 9.17) is 0 Å². The summed E-state index contributed by atoms with van der Waals surface area (Å²) in [5.74, 6) is 0.553. The Labute approximate surface area is 215 Å². The number of nitrogens with one attached hydrogen (secondary N) is 2. The first kappa shape index (κ1) is 26.2. The van der Waals surface area contributed by atoms with Gasteiger partial charge in [-0.05, 0) is 86.1 Å². The molecule has 2 fully saturated rings. The van der Waals surface area contributed by atoms with Crippen LogP contribution < -0.4 is 15.5 Å². The van der Waals surface area contributed by atoms with Crippen molar-refractivity contribution < 1.29 is 22.0 Å². The molecule has 0 spiro atoms. The minimum Gasteiger partial charge on any atom is -0.366 e. The number of aromatic nitrogens is 1. The summed E-state index contributed by atoms with van der Waals surface area (Å²) in [4.78, 5) is 5.85. The number of rotatable bonds is 6. The zero-order valence-electron chi connectivity index (χ0n) is 21.5. The van der Waals surface area contributed by atoms with Crippen LogP contribution in [0.2, 0.25) is 0 Å². The molecule has 4 nitrogen and oxygen atoms in total. The number of halogens is 5. The number of piperidine rings is 1. The lowest BCUT2D eigenvalue weighted by Crippen LogP contribution is -2.50. The van der Waals surface area contributed by atoms with Crippen LogP contribution in [0, 0.1) is 5.92 Å². The van der Waals surface area contributed by atoms with Crippen molar-refractivity contribution in [2.24, 2.45) is 5.92 Å². The number of hydrogen-bond donors (Lipinski definition) is 2. The van der Waals surface area contributed by atoms with E-state index in [0.717, 1.165) is 31.2 Å². The molecule has 1 saturated carbocycles. The first-order valence-corrected chi connectivity index (χ1v) is 13.2. The molecule has 1 saturated heterocycles. The van der Waals surface area contributed by atoms with E-state index in [2.05, 4.69) is 36.4 Å². The van der Waals surface area contributed by atoms with Gasteiger partial charge in [0.1, 0.15) is 5.69 Å². The molecule has 202 valence electrons. The van der Waals surface area contributed by atoms with E-state index in [-0.39, 0.29) is 29.2 Å². The van der Waals surface area contributed by atoms with Crippen molar-refractivity contribution in [2.75, 3.05) is 16.9 Å². The maximum absolute atomic E-state index is 14.2. The van der Waals surface area contributed by atoms with Crippen LogP contribution in [0.3, 0.4) is 0 Å². The molecule has 3 heterocycles. The third-order valence-electron chi connectivity index (χ3n) is 8.45. The van der Waals surface area contributed by atoms with E-state index in [0.29, 0.717) is 42.4 Å². The quantitative estimate of drug-likeness (QED) is 0.399. The highest BCUT2D eigenvalue weighted by molar-refractivity contribution is 5.80. The van der Waals surface area contributed by atoms with Gasteiger partial charge in [0.05, 0.1) is 23.6 Å². The third kappa shape index (κ3) is 5.29. The molecule has 5 rings (SSSR count). The van der Waals surface area contributed by atoms with Crippen molar-refractivity contribution >= 4 is 11.4 Å². The number of aryl methyl sites for hydroxylation is 1. The maximum Gasteiger partial charge on any atom is 0.418 e. The molecule has 1 aromatic carbocycles. The summed E-state index contributed by atoms with van der Waals surface area (Å²) in [5.41, 5.74) is 1.43. The van der Waals surface area contributed by atoms with Crippen LogP contribution in [-0.4, -0.2) is 29.8 Å². The van der Waals surface area contributed by atoms with Crippen molar-refractivity contribution in [3.8, 4) is 0 Å². The summed E-state index contributed by atoms with van der Waals surface area (Å²) >= 11 is 0. The number of alkyl halides is 5. The van der Waals surface area contributed by atoms with Crippen LogP contribution in [0.4, 0.5) is 33.3 Å². The third-order valence-corrected chi connectivity index (χ3v) is 8.45. The second kappa shape index (κ2) is 9.71. The molecule has 1 aliphatic carbocycles. The van der Waals surface area contributed by atoms with Gasteiger partial charge >= 0.3 is 6.18 Å². The number of fused-ring (bicyclic) bond motifs is 1. The molecule has 1 aromatic heterocycles. The summed E-state index contributed by atoms with van der Waals surface area (Å²) in [5, 5.41) is 6.80. The van der Waals surface area contributed by atoms with E-state index in [1.807, 2.05) is 11.0 Å². The van der Waals surface area contributed by atoms with Crippen molar-refractivity contribution in [3.63, 3.8) is 0 Å². The highest BCUT2D eigenvalue weighted by Gasteiger charge is 2.42. The van der Waals surface area contributed by atoms with Crippen LogP contribution in [-0.2, 0) is 18.0 Å². The lowest BCUT2D eigenvalue weighted by molar-refractivity contribution is -0.137. The van der Waals surface area contributed by atoms with Crippen LogP contribution in [0.5, 0.6) is 0 Å². The first-order chi connectivity index (χ1) is 17.4. The molecular formula is C28H35F5N4. The minimum absolute atomic E-state index is 0.0899. The standard InChI is InChI=1S/C28H35F5N4/c1-16-8-21(9-16)37-15-35-24-11-18(10-22(25(24)37)28(31,32)33)4-6-20-13-27(3,12-17(2)36-20)19-5-7-23(26(29)30)34-14-19/h5,7,10-11,14,16-17,20-21,26,35-36H,4,6,8-9,12-13,15H2,1-3H3/t16?,17?,20?,21?,27-/m1/s1. The molecule has 0 radical (unpaired) electrons. The molecule has 2 aromatic rings. The maximum atomic E-state index is 14.2. The number of anilines is 2. The largest absolute Gasteiger partial charge is 0.418 e. The van der Waals surface area contributed by atoms with Crippen LogP contribution in [0.15, 0.2) is 30.5 Å². The Hall–Kier alpha value is -2.42. The Kier molecular flexibility index (Phi) is 6.88. The second-order valence-electron chi connectivity index (χ2n) is 11.6. The Morgan fingerprint density at radius 3 is 2.51 bits per heavy atom. The van der Waals surface area contributed by atoms with E-state index in [1.54, 1.807) is 12.3 Å². The van der Waals surface area contributed by atoms with Gasteiger partial charge in [0.2, 0.25) is 0 Å². The summed E-state index contributed by atoms with van der Waals surface area (Å²) in [7, 11) is 0. The zero-order valence-corrected chi connectivity index (χ0v) is 21.5. The van der Waals surface area contributed by atoms with Gasteiger partial charge in [-0.15, -0.1) is 0 Å². The van der Waals surface area contributed by atoms with E-state index >= 15 is 0 Å². The Morgan fingerprint density at radius 2 is 1.89 bits per heavy atom. The molecule has 2 aliphatic heterocycles. The fourth-order valence-electron chi connectivity index (χ4n) is 6.65. The summed E-state index contributed by atoms with van der Waals surface area (Å²) in [6.45, 7) is 6.75. The van der Waals surface area contributed by atoms with Gasteiger partial charge < -0.3 is 15.5 Å². The molecule has 2 unspecified atom stereocenters. The SMILES string of the molecule is CC1CC(N2CNc3cc(CCC4C[C@](C)(c5ccc(C(F)F)nc5)CC(C)N4)cc(C(F)(F)F)c32)C1. The second-order valence-corrected chi connectivity index (χ2v) is 11.6. The summed E-state index contributed by atoms with van der Waals surface area (Å²) in [6.07, 6.45) is -0.847. The lowest BCUT2D eigenvalue weighted by Gasteiger charge is -2.43. The average molecular weight is 523 g/mol. The zero-order chi connectivity index (χ0) is 26.5. The predicted octanol–water partition coefficient (Wildman–Crippen LogP) is 7.06. The van der Waals surface area contributed by atoms with Gasteiger partial charge in [-0.3, -0.25) is 4.98 Å². The number of pyridine rings is 1. The van der Waals surface area contributed by atoms with E-state index in [1.165, 1.54) is 12.1 Å². The smallest absolute Gasteiger partial charge is 0.366 e. The molecule has 2 N–H and O–H groups in total. The van der Waals surface area contributed by atoms with Crippen LogP contribution in [0.1, 0.15) is 81.7 Å². The topological polar surface area (TPSA) is 40.2 Å². The highest BCUT2D eigenvalue weighted by Crippen LogP contribution is 2.48. The molecule has 0 amide bonds. The molecule has 37 heavy (non-hydrogen) atoms. The summed E-state index contributed by atoms with van der Waals surface area (Å²) < 4.78 is 68.4. The summed E-state index contributed by atoms with van der Waals surface area (Å²) in [6, 6.07) is 6.77.